The minimum Gasteiger partial charge on any atom is -0.309 e. The van der Waals surface area contributed by atoms with E-state index in [1.807, 2.05) is 36.8 Å². The van der Waals surface area contributed by atoms with Gasteiger partial charge in [0.25, 0.3) is 0 Å². The maximum absolute atomic E-state index is 4.34. The van der Waals surface area contributed by atoms with Crippen molar-refractivity contribution in [3.63, 3.8) is 0 Å². The summed E-state index contributed by atoms with van der Waals surface area (Å²) in [7, 11) is 0. The molecule has 2 heterocycles. The highest BCUT2D eigenvalue weighted by Gasteiger charge is 2.00. The number of nitrogens with zero attached hydrogens (tertiary/aromatic N) is 3. The summed E-state index contributed by atoms with van der Waals surface area (Å²) in [4.78, 5) is 4.34. The molecule has 1 N–H and O–H groups in total. The van der Waals surface area contributed by atoms with Gasteiger partial charge in [-0.15, -0.1) is 0 Å². The summed E-state index contributed by atoms with van der Waals surface area (Å²) in [5.41, 5.74) is 4.13. The Bertz CT molecular complexity index is 513. The maximum Gasteiger partial charge on any atom is 0.155 e. The molecule has 2 aromatic heterocycles. The topological polar surface area (TPSA) is 42.2 Å². The van der Waals surface area contributed by atoms with Crippen LogP contribution in [0.25, 0.3) is 5.65 Å². The molecule has 0 unspecified atom stereocenters. The fourth-order valence-corrected chi connectivity index (χ4v) is 1.55. The van der Waals surface area contributed by atoms with Crippen LogP contribution in [0.5, 0.6) is 0 Å². The molecule has 0 saturated heterocycles. The van der Waals surface area contributed by atoms with Gasteiger partial charge >= 0.3 is 0 Å². The number of aryl methyl sites for hydroxylation is 1. The highest BCUT2D eigenvalue weighted by Crippen LogP contribution is 2.04. The van der Waals surface area contributed by atoms with E-state index in [2.05, 4.69) is 22.0 Å². The Morgan fingerprint density at radius 2 is 2.38 bits per heavy atom. The zero-order valence-corrected chi connectivity index (χ0v) is 9.70. The number of rotatable bonds is 4. The Hall–Kier alpha value is -1.68. The normalized spacial score (nSPS) is 10.9. The van der Waals surface area contributed by atoms with E-state index in [1.54, 1.807) is 0 Å². The van der Waals surface area contributed by atoms with Gasteiger partial charge in [0.1, 0.15) is 0 Å². The van der Waals surface area contributed by atoms with E-state index in [0.29, 0.717) is 0 Å². The van der Waals surface area contributed by atoms with Crippen LogP contribution in [0.4, 0.5) is 0 Å². The van der Waals surface area contributed by atoms with Gasteiger partial charge in [-0.25, -0.2) is 9.50 Å². The van der Waals surface area contributed by atoms with E-state index in [9.17, 15) is 0 Å². The first-order valence-corrected chi connectivity index (χ1v) is 5.31. The molecule has 0 radical (unpaired) electrons. The molecule has 4 heteroatoms. The van der Waals surface area contributed by atoms with Gasteiger partial charge in [0.05, 0.1) is 5.69 Å². The Balaban J connectivity index is 2.10. The zero-order chi connectivity index (χ0) is 11.5. The average Bonchev–Trinajstić information content (AvgIpc) is 2.56. The standard InChI is InChI=1S/C12H16N4/c1-9(2)5-13-6-11-7-14-12-4-10(3)15-16(12)8-11/h4,7-8,13H,1,5-6H2,2-3H3. The minimum absolute atomic E-state index is 0.786. The Morgan fingerprint density at radius 3 is 3.12 bits per heavy atom. The van der Waals surface area contributed by atoms with Gasteiger partial charge in [-0.05, 0) is 13.8 Å². The van der Waals surface area contributed by atoms with E-state index in [1.165, 1.54) is 0 Å². The molecule has 0 spiro atoms. The van der Waals surface area contributed by atoms with E-state index < -0.39 is 0 Å². The van der Waals surface area contributed by atoms with Crippen LogP contribution >= 0.6 is 0 Å². The van der Waals surface area contributed by atoms with E-state index in [-0.39, 0.29) is 0 Å². The van der Waals surface area contributed by atoms with Gasteiger partial charge in [0.15, 0.2) is 5.65 Å². The molecule has 0 bridgehead atoms. The number of hydrogen-bond acceptors (Lipinski definition) is 3. The lowest BCUT2D eigenvalue weighted by atomic mass is 10.3. The van der Waals surface area contributed by atoms with Crippen molar-refractivity contribution in [2.75, 3.05) is 6.54 Å². The van der Waals surface area contributed by atoms with Crippen molar-refractivity contribution in [3.05, 3.63) is 41.9 Å². The van der Waals surface area contributed by atoms with Crippen LogP contribution in [-0.2, 0) is 6.54 Å². The lowest BCUT2D eigenvalue weighted by Crippen LogP contribution is -2.15. The van der Waals surface area contributed by atoms with Crippen molar-refractivity contribution in [1.82, 2.24) is 19.9 Å². The molecule has 0 aliphatic rings. The SMILES string of the molecule is C=C(C)CNCc1cnc2cc(C)nn2c1. The summed E-state index contributed by atoms with van der Waals surface area (Å²) in [6, 6.07) is 1.96. The summed E-state index contributed by atoms with van der Waals surface area (Å²) >= 11 is 0. The van der Waals surface area contributed by atoms with Crippen LogP contribution in [0.15, 0.2) is 30.6 Å². The Kier molecular flexibility index (Phi) is 3.01. The smallest absolute Gasteiger partial charge is 0.155 e. The van der Waals surface area contributed by atoms with Crippen molar-refractivity contribution >= 4 is 5.65 Å². The summed E-state index contributed by atoms with van der Waals surface area (Å²) in [5.74, 6) is 0. The predicted octanol–water partition coefficient (Wildman–Crippen LogP) is 1.70. The summed E-state index contributed by atoms with van der Waals surface area (Å²) in [5, 5.41) is 7.62. The summed E-state index contributed by atoms with van der Waals surface area (Å²) < 4.78 is 1.81. The van der Waals surface area contributed by atoms with Crippen LogP contribution in [-0.4, -0.2) is 21.1 Å². The zero-order valence-electron chi connectivity index (χ0n) is 9.70. The molecule has 0 fully saturated rings. The van der Waals surface area contributed by atoms with Crippen LogP contribution < -0.4 is 5.32 Å². The third-order valence-electron chi connectivity index (χ3n) is 2.24. The van der Waals surface area contributed by atoms with Crippen molar-refractivity contribution < 1.29 is 0 Å². The lowest BCUT2D eigenvalue weighted by molar-refractivity contribution is 0.729. The quantitative estimate of drug-likeness (QED) is 0.791. The van der Waals surface area contributed by atoms with Crippen LogP contribution in [0.1, 0.15) is 18.2 Å². The molecule has 84 valence electrons. The fourth-order valence-electron chi connectivity index (χ4n) is 1.55. The van der Waals surface area contributed by atoms with E-state index in [4.69, 9.17) is 0 Å². The Labute approximate surface area is 95.0 Å². The molecular formula is C12H16N4. The molecule has 2 aromatic rings. The molecule has 0 aliphatic carbocycles. The highest BCUT2D eigenvalue weighted by molar-refractivity contribution is 5.38. The van der Waals surface area contributed by atoms with Gasteiger partial charge in [0, 0.05) is 37.1 Å². The van der Waals surface area contributed by atoms with Crippen LogP contribution in [0.3, 0.4) is 0 Å². The van der Waals surface area contributed by atoms with Crippen LogP contribution in [0.2, 0.25) is 0 Å². The highest BCUT2D eigenvalue weighted by atomic mass is 15.2. The molecule has 0 amide bonds. The van der Waals surface area contributed by atoms with Crippen molar-refractivity contribution in [3.8, 4) is 0 Å². The first kappa shape index (κ1) is 10.8. The Morgan fingerprint density at radius 1 is 1.56 bits per heavy atom. The second-order valence-electron chi connectivity index (χ2n) is 4.11. The fraction of sp³-hybridized carbons (Fsp3) is 0.333. The largest absolute Gasteiger partial charge is 0.309 e. The van der Waals surface area contributed by atoms with Crippen molar-refractivity contribution in [1.29, 1.82) is 0 Å². The van der Waals surface area contributed by atoms with E-state index in [0.717, 1.165) is 35.6 Å². The van der Waals surface area contributed by atoms with E-state index >= 15 is 0 Å². The molecule has 0 aromatic carbocycles. The summed E-state index contributed by atoms with van der Waals surface area (Å²) in [6.45, 7) is 9.43. The first-order chi connectivity index (χ1) is 7.65. The minimum atomic E-state index is 0.786. The first-order valence-electron chi connectivity index (χ1n) is 5.31. The molecule has 0 atom stereocenters. The third kappa shape index (κ3) is 2.46. The molecule has 0 aliphatic heterocycles. The molecule has 2 rings (SSSR count). The lowest BCUT2D eigenvalue weighted by Gasteiger charge is -2.04. The third-order valence-corrected chi connectivity index (χ3v) is 2.24. The predicted molar refractivity (Wildman–Crippen MR) is 64.2 cm³/mol. The van der Waals surface area contributed by atoms with Gasteiger partial charge in [-0.2, -0.15) is 5.10 Å². The van der Waals surface area contributed by atoms with Crippen molar-refractivity contribution in [2.24, 2.45) is 0 Å². The number of fused-ring (bicyclic) bond motifs is 1. The second-order valence-corrected chi connectivity index (χ2v) is 4.11. The van der Waals surface area contributed by atoms with Gasteiger partial charge in [0.2, 0.25) is 0 Å². The molecule has 4 nitrogen and oxygen atoms in total. The van der Waals surface area contributed by atoms with Crippen LogP contribution in [0, 0.1) is 6.92 Å². The molecule has 0 saturated carbocycles. The van der Waals surface area contributed by atoms with Crippen molar-refractivity contribution in [2.45, 2.75) is 20.4 Å². The number of aromatic nitrogens is 3. The van der Waals surface area contributed by atoms with Gasteiger partial charge in [-0.3, -0.25) is 0 Å². The second kappa shape index (κ2) is 4.45. The van der Waals surface area contributed by atoms with Gasteiger partial charge < -0.3 is 5.32 Å². The molecular weight excluding hydrogens is 200 g/mol. The molecule has 16 heavy (non-hydrogen) atoms. The summed E-state index contributed by atoms with van der Waals surface area (Å²) in [6.07, 6.45) is 3.88. The average molecular weight is 216 g/mol. The maximum atomic E-state index is 4.34. The number of hydrogen-bond donors (Lipinski definition) is 1. The number of nitrogens with one attached hydrogen (secondary N) is 1. The monoisotopic (exact) mass is 216 g/mol. The van der Waals surface area contributed by atoms with Gasteiger partial charge in [-0.1, -0.05) is 12.2 Å².